The number of phenols is 1. The summed E-state index contributed by atoms with van der Waals surface area (Å²) in [5, 5.41) is 32.7. The monoisotopic (exact) mass is 535 g/mol. The highest BCUT2D eigenvalue weighted by atomic mass is 16.4. The molecule has 1 aromatic rings. The Morgan fingerprint density at radius 1 is 0.947 bits per heavy atom. The normalized spacial score (nSPS) is 17.2. The fourth-order valence-corrected chi connectivity index (χ4v) is 4.10. The van der Waals surface area contributed by atoms with E-state index in [1.165, 1.54) is 12.1 Å². The van der Waals surface area contributed by atoms with Gasteiger partial charge in [0, 0.05) is 19.4 Å². The number of amides is 4. The van der Waals surface area contributed by atoms with Crippen molar-refractivity contribution in [3.63, 3.8) is 0 Å². The van der Waals surface area contributed by atoms with E-state index < -0.39 is 66.2 Å². The number of nitrogens with two attached hydrogens (primary N) is 2. The molecule has 0 radical (unpaired) electrons. The van der Waals surface area contributed by atoms with Crippen molar-refractivity contribution in [2.24, 2.45) is 11.5 Å². The molecule has 1 heterocycles. The van der Waals surface area contributed by atoms with E-state index >= 15 is 0 Å². The van der Waals surface area contributed by atoms with Gasteiger partial charge in [-0.2, -0.15) is 0 Å². The van der Waals surface area contributed by atoms with Crippen molar-refractivity contribution in [3.05, 3.63) is 29.8 Å². The van der Waals surface area contributed by atoms with Gasteiger partial charge < -0.3 is 42.3 Å². The Labute approximate surface area is 218 Å². The number of hydrogen-bond donors (Lipinski definition) is 7. The first kappa shape index (κ1) is 30.0. The molecule has 4 unspecified atom stereocenters. The third-order valence-electron chi connectivity index (χ3n) is 6.12. The molecule has 1 aliphatic rings. The zero-order valence-corrected chi connectivity index (χ0v) is 20.7. The van der Waals surface area contributed by atoms with E-state index in [0.29, 0.717) is 12.0 Å². The largest absolute Gasteiger partial charge is 0.508 e. The van der Waals surface area contributed by atoms with Crippen LogP contribution >= 0.6 is 0 Å². The van der Waals surface area contributed by atoms with Crippen molar-refractivity contribution in [1.29, 1.82) is 0 Å². The number of nitrogens with one attached hydrogen (secondary N) is 2. The van der Waals surface area contributed by atoms with Gasteiger partial charge in [-0.25, -0.2) is 4.79 Å². The summed E-state index contributed by atoms with van der Waals surface area (Å²) in [5.74, 6) is -5.53. The molecule has 1 saturated heterocycles. The molecule has 0 bridgehead atoms. The van der Waals surface area contributed by atoms with Crippen LogP contribution in [0.1, 0.15) is 44.1 Å². The van der Waals surface area contributed by atoms with Gasteiger partial charge in [0.1, 0.15) is 23.9 Å². The van der Waals surface area contributed by atoms with Gasteiger partial charge in [0.15, 0.2) is 0 Å². The maximum atomic E-state index is 13.1. The van der Waals surface area contributed by atoms with Crippen LogP contribution in [0.5, 0.6) is 5.75 Å². The summed E-state index contributed by atoms with van der Waals surface area (Å²) in [5.41, 5.74) is 11.8. The molecule has 14 nitrogen and oxygen atoms in total. The number of carbonyl (C=O) groups excluding carboxylic acids is 4. The lowest BCUT2D eigenvalue weighted by molar-refractivity contribution is -0.149. The molecule has 0 spiro atoms. The molecule has 208 valence electrons. The molecule has 0 aromatic heterocycles. The smallest absolute Gasteiger partial charge is 0.326 e. The molecular weight excluding hydrogens is 502 g/mol. The van der Waals surface area contributed by atoms with Gasteiger partial charge >= 0.3 is 11.9 Å². The number of primary amides is 1. The maximum absolute atomic E-state index is 13.1. The number of aliphatic carboxylic acids is 2. The van der Waals surface area contributed by atoms with Crippen LogP contribution in [0.15, 0.2) is 24.3 Å². The third-order valence-corrected chi connectivity index (χ3v) is 6.12. The molecule has 0 aliphatic carbocycles. The summed E-state index contributed by atoms with van der Waals surface area (Å²) in [4.78, 5) is 74.1. The topological polar surface area (TPSA) is 242 Å². The highest BCUT2D eigenvalue weighted by Crippen LogP contribution is 2.20. The first-order valence-corrected chi connectivity index (χ1v) is 12.1. The fraction of sp³-hybridized carbons (Fsp3) is 0.500. The Morgan fingerprint density at radius 3 is 2.13 bits per heavy atom. The average molecular weight is 536 g/mol. The number of rotatable bonds is 14. The summed E-state index contributed by atoms with van der Waals surface area (Å²) < 4.78 is 0. The lowest BCUT2D eigenvalue weighted by Gasteiger charge is -2.28. The van der Waals surface area contributed by atoms with Crippen LogP contribution in [0.2, 0.25) is 0 Å². The van der Waals surface area contributed by atoms with E-state index in [-0.39, 0.29) is 44.4 Å². The lowest BCUT2D eigenvalue weighted by atomic mass is 10.0. The summed E-state index contributed by atoms with van der Waals surface area (Å²) in [6.45, 7) is 0.143. The zero-order valence-electron chi connectivity index (χ0n) is 20.7. The molecule has 4 atom stereocenters. The second-order valence-electron chi connectivity index (χ2n) is 9.06. The highest BCUT2D eigenvalue weighted by molar-refractivity contribution is 5.94. The van der Waals surface area contributed by atoms with Crippen molar-refractivity contribution >= 4 is 35.6 Å². The number of hydrogen-bond acceptors (Lipinski definition) is 8. The summed E-state index contributed by atoms with van der Waals surface area (Å²) in [7, 11) is 0. The van der Waals surface area contributed by atoms with Crippen LogP contribution in [-0.4, -0.2) is 86.5 Å². The minimum atomic E-state index is -1.39. The molecule has 38 heavy (non-hydrogen) atoms. The molecule has 1 aliphatic heterocycles. The van der Waals surface area contributed by atoms with Crippen molar-refractivity contribution in [2.45, 2.75) is 69.1 Å². The van der Waals surface area contributed by atoms with Crippen LogP contribution in [-0.2, 0) is 35.2 Å². The van der Waals surface area contributed by atoms with Crippen LogP contribution < -0.4 is 22.1 Å². The minimum Gasteiger partial charge on any atom is -0.508 e. The van der Waals surface area contributed by atoms with E-state index in [0.717, 1.165) is 4.90 Å². The van der Waals surface area contributed by atoms with Crippen molar-refractivity contribution in [2.75, 3.05) is 6.54 Å². The molecule has 1 aromatic carbocycles. The quantitative estimate of drug-likeness (QED) is 0.144. The van der Waals surface area contributed by atoms with E-state index in [1.807, 2.05) is 0 Å². The lowest BCUT2D eigenvalue weighted by Crippen LogP contribution is -2.57. The maximum Gasteiger partial charge on any atom is 0.326 e. The third kappa shape index (κ3) is 9.03. The van der Waals surface area contributed by atoms with Crippen molar-refractivity contribution < 1.29 is 44.1 Å². The molecule has 9 N–H and O–H groups in total. The highest BCUT2D eigenvalue weighted by Gasteiger charge is 2.38. The molecule has 1 fully saturated rings. The van der Waals surface area contributed by atoms with Gasteiger partial charge in [-0.3, -0.25) is 24.0 Å². The summed E-state index contributed by atoms with van der Waals surface area (Å²) in [6, 6.07) is 1.04. The van der Waals surface area contributed by atoms with E-state index in [4.69, 9.17) is 16.6 Å². The predicted octanol–water partition coefficient (Wildman–Crippen LogP) is -1.56. The van der Waals surface area contributed by atoms with E-state index in [9.17, 15) is 39.0 Å². The summed E-state index contributed by atoms with van der Waals surface area (Å²) >= 11 is 0. The van der Waals surface area contributed by atoms with Gasteiger partial charge in [0.25, 0.3) is 0 Å². The fourth-order valence-electron chi connectivity index (χ4n) is 4.10. The standard InChI is InChI=1S/C24H33N5O9/c25-15(12-13-3-5-14(30)6-4-13)21(34)27-16(8-10-20(32)33)22(35)28-17(7-9-19(26)31)23(36)29-11-1-2-18(29)24(37)38/h3-6,15-18,30H,1-2,7-12,25H2,(H2,26,31)(H,27,34)(H,28,35)(H,32,33)(H,37,38). The zero-order chi connectivity index (χ0) is 28.4. The van der Waals surface area contributed by atoms with Gasteiger partial charge in [-0.05, 0) is 49.8 Å². The molecule has 14 heteroatoms. The second kappa shape index (κ2) is 13.9. The van der Waals surface area contributed by atoms with Gasteiger partial charge in [0.05, 0.1) is 6.04 Å². The Kier molecular flexibility index (Phi) is 11.0. The average Bonchev–Trinajstić information content (AvgIpc) is 3.35. The molecule has 2 rings (SSSR count). The first-order chi connectivity index (χ1) is 17.9. The molecule has 4 amide bonds. The number of carboxylic acids is 2. The van der Waals surface area contributed by atoms with Crippen molar-refractivity contribution in [3.8, 4) is 5.75 Å². The number of carbonyl (C=O) groups is 6. The van der Waals surface area contributed by atoms with Crippen LogP contribution in [0, 0.1) is 0 Å². The van der Waals surface area contributed by atoms with Crippen LogP contribution in [0.25, 0.3) is 0 Å². The number of carboxylic acid groups (broad SMARTS) is 2. The number of likely N-dealkylation sites (tertiary alicyclic amines) is 1. The van der Waals surface area contributed by atoms with Crippen molar-refractivity contribution in [1.82, 2.24) is 15.5 Å². The number of nitrogens with zero attached hydrogens (tertiary/aromatic N) is 1. The predicted molar refractivity (Wildman–Crippen MR) is 131 cm³/mol. The summed E-state index contributed by atoms with van der Waals surface area (Å²) in [6.07, 6.45) is -0.585. The number of benzene rings is 1. The van der Waals surface area contributed by atoms with Crippen LogP contribution in [0.4, 0.5) is 0 Å². The Bertz CT molecular complexity index is 1050. The van der Waals surface area contributed by atoms with E-state index in [1.54, 1.807) is 12.1 Å². The molecular formula is C24H33N5O9. The second-order valence-corrected chi connectivity index (χ2v) is 9.06. The Balaban J connectivity index is 2.16. The number of phenolic OH excluding ortho intramolecular Hbond substituents is 1. The van der Waals surface area contributed by atoms with Gasteiger partial charge in [0.2, 0.25) is 23.6 Å². The van der Waals surface area contributed by atoms with Crippen LogP contribution in [0.3, 0.4) is 0 Å². The van der Waals surface area contributed by atoms with E-state index in [2.05, 4.69) is 10.6 Å². The Hall–Kier alpha value is -4.20. The minimum absolute atomic E-state index is 0.0289. The molecule has 0 saturated carbocycles. The Morgan fingerprint density at radius 2 is 1.55 bits per heavy atom. The van der Waals surface area contributed by atoms with Gasteiger partial charge in [-0.1, -0.05) is 12.1 Å². The first-order valence-electron chi connectivity index (χ1n) is 12.1. The number of aromatic hydroxyl groups is 1. The SMILES string of the molecule is NC(=O)CCC(NC(=O)C(CCC(=O)O)NC(=O)C(N)Cc1ccc(O)cc1)C(=O)N1CCCC1C(=O)O. The van der Waals surface area contributed by atoms with Gasteiger partial charge in [-0.15, -0.1) is 0 Å².